The zero-order chi connectivity index (χ0) is 25.3. The molecule has 1 aliphatic heterocycles. The van der Waals surface area contributed by atoms with Gasteiger partial charge in [0, 0.05) is 17.6 Å². The van der Waals surface area contributed by atoms with Gasteiger partial charge in [0.25, 0.3) is 11.8 Å². The zero-order valence-electron chi connectivity index (χ0n) is 19.1. The van der Waals surface area contributed by atoms with E-state index in [-0.39, 0.29) is 18.6 Å². The molecule has 12 heteroatoms. The molecule has 2 amide bonds. The third kappa shape index (κ3) is 8.64. The van der Waals surface area contributed by atoms with Crippen molar-refractivity contribution >= 4 is 49.7 Å². The van der Waals surface area contributed by atoms with Gasteiger partial charge >= 0.3 is 0 Å². The Kier molecular flexibility index (Phi) is 9.64. The van der Waals surface area contributed by atoms with Crippen molar-refractivity contribution in [3.8, 4) is 5.75 Å². The second-order valence-electron chi connectivity index (χ2n) is 7.81. The Morgan fingerprint density at radius 1 is 1.20 bits per heavy atom. The molecule has 10 nitrogen and oxygen atoms in total. The van der Waals surface area contributed by atoms with Crippen LogP contribution >= 0.6 is 15.9 Å². The van der Waals surface area contributed by atoms with E-state index in [1.807, 2.05) is 0 Å². The number of carbonyl (C=O) groups is 2. The summed E-state index contributed by atoms with van der Waals surface area (Å²) in [5.74, 6) is -0.313. The van der Waals surface area contributed by atoms with E-state index >= 15 is 0 Å². The Bertz CT molecular complexity index is 1150. The minimum Gasteiger partial charge on any atom is -0.484 e. The molecule has 0 radical (unpaired) electrons. The van der Waals surface area contributed by atoms with Gasteiger partial charge in [-0.1, -0.05) is 12.1 Å². The molecular weight excluding hydrogens is 540 g/mol. The number of para-hydroxylation sites is 1. The number of rotatable bonds is 11. The van der Waals surface area contributed by atoms with E-state index in [2.05, 4.69) is 31.8 Å². The molecule has 1 saturated heterocycles. The SMILES string of the molecule is CS(=O)(=O)N(CC(=O)N/N=C\c1ccc(OCC(=O)NC[C@H]2CCCO2)cc1)c1ccccc1Br. The van der Waals surface area contributed by atoms with E-state index in [4.69, 9.17) is 9.47 Å². The Labute approximate surface area is 212 Å². The predicted octanol–water partition coefficient (Wildman–Crippen LogP) is 2.04. The topological polar surface area (TPSA) is 126 Å². The number of nitrogens with one attached hydrogen (secondary N) is 2. The molecule has 188 valence electrons. The third-order valence-corrected chi connectivity index (χ3v) is 6.81. The van der Waals surface area contributed by atoms with E-state index in [0.717, 1.165) is 30.0 Å². The van der Waals surface area contributed by atoms with E-state index in [1.165, 1.54) is 6.21 Å². The molecule has 1 aliphatic rings. The van der Waals surface area contributed by atoms with Crippen LogP contribution in [0.4, 0.5) is 5.69 Å². The van der Waals surface area contributed by atoms with Crippen molar-refractivity contribution in [3.05, 3.63) is 58.6 Å². The second kappa shape index (κ2) is 12.7. The van der Waals surface area contributed by atoms with Gasteiger partial charge in [-0.3, -0.25) is 13.9 Å². The first-order chi connectivity index (χ1) is 16.7. The molecular formula is C23H27BrN4O6S. The Balaban J connectivity index is 1.46. The first kappa shape index (κ1) is 26.6. The maximum absolute atomic E-state index is 12.3. The van der Waals surface area contributed by atoms with Crippen LogP contribution in [0.25, 0.3) is 0 Å². The highest BCUT2D eigenvalue weighted by atomic mass is 79.9. The Hall–Kier alpha value is -2.96. The van der Waals surface area contributed by atoms with Gasteiger partial charge < -0.3 is 14.8 Å². The van der Waals surface area contributed by atoms with E-state index in [9.17, 15) is 18.0 Å². The van der Waals surface area contributed by atoms with E-state index in [1.54, 1.807) is 48.5 Å². The summed E-state index contributed by atoms with van der Waals surface area (Å²) in [5.41, 5.74) is 3.35. The quantitative estimate of drug-likeness (QED) is 0.316. The van der Waals surface area contributed by atoms with Crippen molar-refractivity contribution in [2.45, 2.75) is 18.9 Å². The summed E-state index contributed by atoms with van der Waals surface area (Å²) >= 11 is 3.30. The third-order valence-electron chi connectivity index (χ3n) is 5.01. The lowest BCUT2D eigenvalue weighted by Gasteiger charge is -2.22. The summed E-state index contributed by atoms with van der Waals surface area (Å²) in [6, 6.07) is 13.5. The molecule has 2 N–H and O–H groups in total. The van der Waals surface area contributed by atoms with Gasteiger partial charge in [0.1, 0.15) is 12.3 Å². The first-order valence-electron chi connectivity index (χ1n) is 10.9. The highest BCUT2D eigenvalue weighted by Gasteiger charge is 2.22. The highest BCUT2D eigenvalue weighted by molar-refractivity contribution is 9.10. The lowest BCUT2D eigenvalue weighted by molar-refractivity contribution is -0.123. The van der Waals surface area contributed by atoms with E-state index < -0.39 is 22.5 Å². The zero-order valence-corrected chi connectivity index (χ0v) is 21.5. The van der Waals surface area contributed by atoms with Crippen LogP contribution in [0, 0.1) is 0 Å². The summed E-state index contributed by atoms with van der Waals surface area (Å²) in [4.78, 5) is 24.2. The highest BCUT2D eigenvalue weighted by Crippen LogP contribution is 2.27. The minimum atomic E-state index is -3.70. The van der Waals surface area contributed by atoms with Gasteiger partial charge in [-0.15, -0.1) is 0 Å². The molecule has 2 aromatic rings. The van der Waals surface area contributed by atoms with Crippen LogP contribution in [-0.4, -0.2) is 65.1 Å². The smallest absolute Gasteiger partial charge is 0.260 e. The van der Waals surface area contributed by atoms with E-state index in [0.29, 0.717) is 28.0 Å². The Morgan fingerprint density at radius 3 is 2.60 bits per heavy atom. The van der Waals surface area contributed by atoms with Crippen LogP contribution in [0.3, 0.4) is 0 Å². The van der Waals surface area contributed by atoms with Gasteiger partial charge in [0.05, 0.1) is 24.3 Å². The maximum Gasteiger partial charge on any atom is 0.260 e. The lowest BCUT2D eigenvalue weighted by Crippen LogP contribution is -2.39. The molecule has 1 fully saturated rings. The first-order valence-corrected chi connectivity index (χ1v) is 13.5. The molecule has 35 heavy (non-hydrogen) atoms. The number of halogens is 1. The summed E-state index contributed by atoms with van der Waals surface area (Å²) in [6.45, 7) is 0.681. The average molecular weight is 567 g/mol. The molecule has 0 aliphatic carbocycles. The summed E-state index contributed by atoms with van der Waals surface area (Å²) in [7, 11) is -3.70. The van der Waals surface area contributed by atoms with Gasteiger partial charge in [0.15, 0.2) is 6.61 Å². The standard InChI is InChI=1S/C23H27BrN4O6S/c1-35(31,32)28(21-7-3-2-6-20(21)24)15-22(29)27-26-13-17-8-10-18(11-9-17)34-16-23(30)25-14-19-5-4-12-33-19/h2-3,6-11,13,19H,4-5,12,14-16H2,1H3,(H,25,30)(H,27,29)/b26-13-/t19-/m1/s1. The van der Waals surface area contributed by atoms with Gasteiger partial charge in [-0.25, -0.2) is 13.8 Å². The molecule has 0 bridgehead atoms. The molecule has 2 aromatic carbocycles. The number of anilines is 1. The number of hydrogen-bond acceptors (Lipinski definition) is 7. The number of nitrogens with zero attached hydrogens (tertiary/aromatic N) is 2. The number of ether oxygens (including phenoxy) is 2. The lowest BCUT2D eigenvalue weighted by atomic mass is 10.2. The van der Waals surface area contributed by atoms with Crippen LogP contribution in [0.5, 0.6) is 5.75 Å². The fraction of sp³-hybridized carbons (Fsp3) is 0.348. The van der Waals surface area contributed by atoms with Gasteiger partial charge in [-0.2, -0.15) is 5.10 Å². The van der Waals surface area contributed by atoms with Crippen molar-refractivity contribution in [1.82, 2.24) is 10.7 Å². The number of hydrogen-bond donors (Lipinski definition) is 2. The van der Waals surface area contributed by atoms with Crippen molar-refractivity contribution in [2.75, 3.05) is 36.9 Å². The maximum atomic E-state index is 12.3. The van der Waals surface area contributed by atoms with Crippen molar-refractivity contribution in [2.24, 2.45) is 5.10 Å². The molecule has 0 saturated carbocycles. The fourth-order valence-electron chi connectivity index (χ4n) is 3.26. The van der Waals surface area contributed by atoms with Crippen LogP contribution in [0.2, 0.25) is 0 Å². The van der Waals surface area contributed by atoms with Crippen LogP contribution < -0.4 is 19.8 Å². The molecule has 1 heterocycles. The summed E-state index contributed by atoms with van der Waals surface area (Å²) < 4.78 is 36.8. The normalized spacial score (nSPS) is 15.7. The predicted molar refractivity (Wildman–Crippen MR) is 136 cm³/mol. The number of amides is 2. The van der Waals surface area contributed by atoms with Crippen molar-refractivity contribution in [1.29, 1.82) is 0 Å². The van der Waals surface area contributed by atoms with Gasteiger partial charge in [-0.05, 0) is 70.7 Å². The molecule has 1 atom stereocenters. The summed E-state index contributed by atoms with van der Waals surface area (Å²) in [6.07, 6.45) is 4.49. The fourth-order valence-corrected chi connectivity index (χ4v) is 4.75. The van der Waals surface area contributed by atoms with Crippen LogP contribution in [-0.2, 0) is 24.3 Å². The molecule has 0 unspecified atom stereocenters. The monoisotopic (exact) mass is 566 g/mol. The average Bonchev–Trinajstić information content (AvgIpc) is 3.34. The molecule has 0 spiro atoms. The van der Waals surface area contributed by atoms with Crippen LogP contribution in [0.15, 0.2) is 58.1 Å². The number of carbonyl (C=O) groups excluding carboxylic acids is 2. The Morgan fingerprint density at radius 2 is 1.94 bits per heavy atom. The number of sulfonamides is 1. The number of benzene rings is 2. The largest absolute Gasteiger partial charge is 0.484 e. The van der Waals surface area contributed by atoms with Crippen molar-refractivity contribution < 1.29 is 27.5 Å². The molecule has 3 rings (SSSR count). The van der Waals surface area contributed by atoms with Crippen molar-refractivity contribution in [3.63, 3.8) is 0 Å². The summed E-state index contributed by atoms with van der Waals surface area (Å²) in [5, 5.41) is 6.67. The molecule has 0 aromatic heterocycles. The minimum absolute atomic E-state index is 0.0765. The number of hydrazone groups is 1. The van der Waals surface area contributed by atoms with Crippen LogP contribution in [0.1, 0.15) is 18.4 Å². The van der Waals surface area contributed by atoms with Gasteiger partial charge in [0.2, 0.25) is 10.0 Å². The second-order valence-corrected chi connectivity index (χ2v) is 10.6.